The number of alkyl halides is 3. The average molecular weight is 620 g/mol. The van der Waals surface area contributed by atoms with Crippen molar-refractivity contribution in [1.29, 1.82) is 0 Å². The van der Waals surface area contributed by atoms with E-state index < -0.39 is 29.9 Å². The maximum Gasteiger partial charge on any atom is 0.506 e. The molecule has 0 fully saturated rings. The molecule has 3 aromatic carbocycles. The average Bonchev–Trinajstić information content (AvgIpc) is 2.94. The van der Waals surface area contributed by atoms with Gasteiger partial charge in [-0.05, 0) is 54.6 Å². The highest BCUT2D eigenvalue weighted by molar-refractivity contribution is 6.33. The van der Waals surface area contributed by atoms with E-state index >= 15 is 0 Å². The Bertz CT molecular complexity index is 1650. The summed E-state index contributed by atoms with van der Waals surface area (Å²) in [7, 11) is 0. The molecule has 0 spiro atoms. The molecule has 42 heavy (non-hydrogen) atoms. The molecule has 1 unspecified atom stereocenters. The fourth-order valence-electron chi connectivity index (χ4n) is 4.11. The number of carboxylic acid groups (broad SMARTS) is 1. The van der Waals surface area contributed by atoms with Crippen molar-refractivity contribution < 1.29 is 42.1 Å². The Labute approximate surface area is 245 Å². The van der Waals surface area contributed by atoms with Crippen LogP contribution in [-0.4, -0.2) is 34.0 Å². The Morgan fingerprint density at radius 1 is 0.976 bits per heavy atom. The fourth-order valence-corrected chi connectivity index (χ4v) is 4.60. The molecule has 1 aliphatic heterocycles. The van der Waals surface area contributed by atoms with Crippen LogP contribution < -0.4 is 14.8 Å². The molecule has 0 bridgehead atoms. The van der Waals surface area contributed by atoms with Gasteiger partial charge in [0.15, 0.2) is 5.82 Å². The van der Waals surface area contributed by atoms with Crippen molar-refractivity contribution in [3.63, 3.8) is 0 Å². The second kappa shape index (κ2) is 11.7. The standard InChI is InChI=1S/C28H18Cl2F3N3O6/c29-19-11-15(28(31,32)33)3-6-17(19)21-7-8-25(36-35-21)34-26(37)14-1-4-16(5-2-14)41-24-13-23-18(12-20(24)30)22(9-10-40-23)42-27(38)39/h1-8,11-13,22H,9-10H2,(H,38,39)(H,34,36,37). The molecule has 4 aromatic rings. The van der Waals surface area contributed by atoms with E-state index in [0.29, 0.717) is 23.5 Å². The van der Waals surface area contributed by atoms with Gasteiger partial charge in [0.05, 0.1) is 27.9 Å². The first-order valence-corrected chi connectivity index (χ1v) is 12.9. The number of ether oxygens (including phenoxy) is 3. The molecule has 1 aliphatic rings. The number of nitrogens with one attached hydrogen (secondary N) is 1. The highest BCUT2D eigenvalue weighted by Gasteiger charge is 2.31. The number of anilines is 1. The predicted molar refractivity (Wildman–Crippen MR) is 145 cm³/mol. The smallest absolute Gasteiger partial charge is 0.493 e. The Morgan fingerprint density at radius 3 is 2.38 bits per heavy atom. The van der Waals surface area contributed by atoms with Gasteiger partial charge in [0.2, 0.25) is 0 Å². The lowest BCUT2D eigenvalue weighted by atomic mass is 10.0. The molecule has 1 amide bonds. The first-order valence-electron chi connectivity index (χ1n) is 12.1. The van der Waals surface area contributed by atoms with Gasteiger partial charge in [0.1, 0.15) is 23.4 Å². The van der Waals surface area contributed by atoms with Crippen LogP contribution in [0, 0.1) is 0 Å². The maximum atomic E-state index is 12.9. The van der Waals surface area contributed by atoms with E-state index in [2.05, 4.69) is 15.5 Å². The number of benzene rings is 3. The summed E-state index contributed by atoms with van der Waals surface area (Å²) in [5.41, 5.74) is 0.360. The summed E-state index contributed by atoms with van der Waals surface area (Å²) < 4.78 is 55.0. The molecule has 2 N–H and O–H groups in total. The minimum absolute atomic E-state index is 0.109. The molecule has 2 heterocycles. The van der Waals surface area contributed by atoms with Crippen LogP contribution in [0.15, 0.2) is 66.7 Å². The summed E-state index contributed by atoms with van der Waals surface area (Å²) in [5.74, 6) is 0.613. The van der Waals surface area contributed by atoms with Crippen molar-refractivity contribution in [2.24, 2.45) is 0 Å². The second-order valence-electron chi connectivity index (χ2n) is 8.91. The van der Waals surface area contributed by atoms with Crippen LogP contribution in [0.25, 0.3) is 11.3 Å². The third-order valence-electron chi connectivity index (χ3n) is 6.11. The number of nitrogens with zero attached hydrogens (tertiary/aromatic N) is 2. The summed E-state index contributed by atoms with van der Waals surface area (Å²) in [4.78, 5) is 23.7. The number of fused-ring (bicyclic) bond motifs is 1. The molecular weight excluding hydrogens is 602 g/mol. The van der Waals surface area contributed by atoms with E-state index in [9.17, 15) is 22.8 Å². The number of hydrogen-bond donors (Lipinski definition) is 2. The van der Waals surface area contributed by atoms with Crippen molar-refractivity contribution in [2.75, 3.05) is 11.9 Å². The Balaban J connectivity index is 1.23. The van der Waals surface area contributed by atoms with E-state index in [4.69, 9.17) is 42.5 Å². The monoisotopic (exact) mass is 619 g/mol. The van der Waals surface area contributed by atoms with Gasteiger partial charge in [0, 0.05) is 29.2 Å². The van der Waals surface area contributed by atoms with Gasteiger partial charge in [-0.1, -0.05) is 29.3 Å². The van der Waals surface area contributed by atoms with E-state index in [-0.39, 0.29) is 45.0 Å². The molecule has 0 saturated heterocycles. The lowest BCUT2D eigenvalue weighted by Crippen LogP contribution is -2.18. The van der Waals surface area contributed by atoms with Crippen molar-refractivity contribution in [3.8, 4) is 28.5 Å². The topological polar surface area (TPSA) is 120 Å². The first-order chi connectivity index (χ1) is 20.0. The first kappa shape index (κ1) is 29.0. The normalized spacial score (nSPS) is 14.4. The molecule has 0 saturated carbocycles. The van der Waals surface area contributed by atoms with E-state index in [1.807, 2.05) is 0 Å². The van der Waals surface area contributed by atoms with Gasteiger partial charge in [0.25, 0.3) is 5.91 Å². The number of halogens is 5. The number of aromatic nitrogens is 2. The highest BCUT2D eigenvalue weighted by atomic mass is 35.5. The van der Waals surface area contributed by atoms with Gasteiger partial charge >= 0.3 is 12.3 Å². The third kappa shape index (κ3) is 6.50. The number of amides is 1. The zero-order valence-corrected chi connectivity index (χ0v) is 22.6. The van der Waals surface area contributed by atoms with Crippen LogP contribution in [0.3, 0.4) is 0 Å². The predicted octanol–water partition coefficient (Wildman–Crippen LogP) is 8.03. The Morgan fingerprint density at radius 2 is 1.74 bits per heavy atom. The minimum Gasteiger partial charge on any atom is -0.493 e. The van der Waals surface area contributed by atoms with Crippen molar-refractivity contribution in [1.82, 2.24) is 10.2 Å². The molecule has 1 aromatic heterocycles. The van der Waals surface area contributed by atoms with Crippen molar-refractivity contribution >= 4 is 41.1 Å². The number of rotatable bonds is 6. The zero-order valence-electron chi connectivity index (χ0n) is 21.1. The summed E-state index contributed by atoms with van der Waals surface area (Å²) in [6, 6.07) is 15.0. The van der Waals surface area contributed by atoms with E-state index in [1.165, 1.54) is 42.5 Å². The van der Waals surface area contributed by atoms with E-state index in [0.717, 1.165) is 12.1 Å². The molecule has 216 valence electrons. The van der Waals surface area contributed by atoms with E-state index in [1.54, 1.807) is 12.1 Å². The summed E-state index contributed by atoms with van der Waals surface area (Å²) >= 11 is 12.4. The highest BCUT2D eigenvalue weighted by Crippen LogP contribution is 2.42. The minimum atomic E-state index is -4.53. The Hall–Kier alpha value is -4.55. The molecular formula is C28H18Cl2F3N3O6. The van der Waals surface area contributed by atoms with Gasteiger partial charge in [-0.2, -0.15) is 13.2 Å². The summed E-state index contributed by atoms with van der Waals surface area (Å²) in [5, 5.41) is 19.5. The molecule has 0 radical (unpaired) electrons. The number of carbonyl (C=O) groups is 2. The van der Waals surface area contributed by atoms with Crippen LogP contribution in [0.4, 0.5) is 23.8 Å². The summed E-state index contributed by atoms with van der Waals surface area (Å²) in [6.45, 7) is 0.256. The molecule has 9 nitrogen and oxygen atoms in total. The van der Waals surface area contributed by atoms with Crippen LogP contribution in [0.1, 0.15) is 34.0 Å². The van der Waals surface area contributed by atoms with Crippen LogP contribution in [0.2, 0.25) is 10.0 Å². The number of hydrogen-bond acceptors (Lipinski definition) is 7. The maximum absolute atomic E-state index is 12.9. The zero-order chi connectivity index (χ0) is 30.0. The molecule has 1 atom stereocenters. The molecule has 5 rings (SSSR count). The van der Waals surface area contributed by atoms with Gasteiger partial charge in [-0.15, -0.1) is 10.2 Å². The van der Waals surface area contributed by atoms with Gasteiger partial charge < -0.3 is 24.6 Å². The van der Waals surface area contributed by atoms with Crippen LogP contribution >= 0.6 is 23.2 Å². The summed E-state index contributed by atoms with van der Waals surface area (Å²) in [6.07, 6.45) is -6.29. The lowest BCUT2D eigenvalue weighted by molar-refractivity contribution is -0.137. The third-order valence-corrected chi connectivity index (χ3v) is 6.72. The van der Waals surface area contributed by atoms with Crippen LogP contribution in [0.5, 0.6) is 17.2 Å². The molecule has 14 heteroatoms. The SMILES string of the molecule is O=C(O)OC1CCOc2cc(Oc3ccc(C(=O)Nc4ccc(-c5ccc(C(F)(F)F)cc5Cl)nn4)cc3)c(Cl)cc21. The fraction of sp³-hybridized carbons (Fsp3) is 0.143. The van der Waals surface area contributed by atoms with Crippen molar-refractivity contribution in [2.45, 2.75) is 18.7 Å². The number of carbonyl (C=O) groups excluding carboxylic acids is 1. The quantitative estimate of drug-likeness (QED) is 0.208. The molecule has 0 aliphatic carbocycles. The van der Waals surface area contributed by atoms with Gasteiger partial charge in [-0.25, -0.2) is 4.79 Å². The second-order valence-corrected chi connectivity index (χ2v) is 9.72. The van der Waals surface area contributed by atoms with Gasteiger partial charge in [-0.3, -0.25) is 4.79 Å². The van der Waals surface area contributed by atoms with Crippen LogP contribution in [-0.2, 0) is 10.9 Å². The largest absolute Gasteiger partial charge is 0.506 e. The lowest BCUT2D eigenvalue weighted by Gasteiger charge is -2.25. The van der Waals surface area contributed by atoms with Crippen molar-refractivity contribution in [3.05, 3.63) is 93.5 Å². The Kier molecular flexibility index (Phi) is 8.10.